The highest BCUT2D eigenvalue weighted by atomic mass is 35.5. The Kier molecular flexibility index (Phi) is 7.78. The van der Waals surface area contributed by atoms with E-state index in [-0.39, 0.29) is 5.91 Å². The highest BCUT2D eigenvalue weighted by molar-refractivity contribution is 6.35. The van der Waals surface area contributed by atoms with E-state index in [4.69, 9.17) is 21.3 Å². The summed E-state index contributed by atoms with van der Waals surface area (Å²) in [6.07, 6.45) is 2.51. The van der Waals surface area contributed by atoms with E-state index in [1.54, 1.807) is 19.2 Å². The third-order valence-corrected chi connectivity index (χ3v) is 6.28. The Hall–Kier alpha value is -3.70. The number of para-hydroxylation sites is 1. The van der Waals surface area contributed by atoms with Crippen molar-refractivity contribution in [2.24, 2.45) is 5.10 Å². The van der Waals surface area contributed by atoms with E-state index in [9.17, 15) is 4.79 Å². The van der Waals surface area contributed by atoms with Crippen LogP contribution in [0.15, 0.2) is 77.9 Å². The number of fused-ring (bicyclic) bond motifs is 1. The molecule has 1 amide bonds. The minimum atomic E-state index is -0.296. The van der Waals surface area contributed by atoms with Gasteiger partial charge in [0.15, 0.2) is 0 Å². The number of hydrazone groups is 1. The van der Waals surface area contributed by atoms with Crippen LogP contribution in [0.1, 0.15) is 41.8 Å². The molecule has 0 aliphatic carbocycles. The van der Waals surface area contributed by atoms with E-state index in [1.807, 2.05) is 55.5 Å². The van der Waals surface area contributed by atoms with Crippen LogP contribution in [0, 0.1) is 0 Å². The standard InChI is InChI=1S/C29H28ClN3O2/c1-4-20-10-14-22(15-11-20)27-18-25(24-6-5-7-26(30)28(24)31-27)29(34)33-32-19(2)8-9-21-12-16-23(35-3)17-13-21/h5-7,10-18H,4,8-9H2,1-3H3,(H,33,34)/b32-19+. The first kappa shape index (κ1) is 24.4. The molecule has 0 saturated carbocycles. The summed E-state index contributed by atoms with van der Waals surface area (Å²) in [5.41, 5.74) is 8.68. The van der Waals surface area contributed by atoms with Gasteiger partial charge in [-0.15, -0.1) is 0 Å². The van der Waals surface area contributed by atoms with E-state index in [2.05, 4.69) is 29.6 Å². The third-order valence-electron chi connectivity index (χ3n) is 5.98. The second-order valence-corrected chi connectivity index (χ2v) is 8.78. The SMILES string of the molecule is CCc1ccc(-c2cc(C(=O)N/N=C(\C)CCc3ccc(OC)cc3)c3cccc(Cl)c3n2)cc1. The van der Waals surface area contributed by atoms with Crippen molar-refractivity contribution in [3.8, 4) is 17.0 Å². The van der Waals surface area contributed by atoms with E-state index in [0.29, 0.717) is 27.2 Å². The van der Waals surface area contributed by atoms with Crippen LogP contribution in [-0.4, -0.2) is 23.7 Å². The van der Waals surface area contributed by atoms with Crippen LogP contribution in [0.2, 0.25) is 5.02 Å². The first-order valence-electron chi connectivity index (χ1n) is 11.6. The van der Waals surface area contributed by atoms with E-state index < -0.39 is 0 Å². The lowest BCUT2D eigenvalue weighted by Crippen LogP contribution is -2.20. The molecule has 0 bridgehead atoms. The topological polar surface area (TPSA) is 63.6 Å². The number of halogens is 1. The number of rotatable bonds is 8. The maximum absolute atomic E-state index is 13.2. The molecule has 1 N–H and O–H groups in total. The number of carbonyl (C=O) groups is 1. The zero-order valence-corrected chi connectivity index (χ0v) is 20.9. The van der Waals surface area contributed by atoms with Gasteiger partial charge in [0.25, 0.3) is 5.91 Å². The molecular formula is C29H28ClN3O2. The van der Waals surface area contributed by atoms with E-state index in [1.165, 1.54) is 11.1 Å². The maximum atomic E-state index is 13.2. The van der Waals surface area contributed by atoms with Crippen molar-refractivity contribution in [2.75, 3.05) is 7.11 Å². The second kappa shape index (κ2) is 11.2. The molecule has 6 heteroatoms. The van der Waals surface area contributed by atoms with E-state index in [0.717, 1.165) is 36.3 Å². The number of methoxy groups -OCH3 is 1. The summed E-state index contributed by atoms with van der Waals surface area (Å²) < 4.78 is 5.20. The fourth-order valence-electron chi connectivity index (χ4n) is 3.84. The van der Waals surface area contributed by atoms with Crippen LogP contribution < -0.4 is 10.2 Å². The quantitative estimate of drug-likeness (QED) is 0.219. The Balaban J connectivity index is 1.56. The van der Waals surface area contributed by atoms with Crippen molar-refractivity contribution in [1.29, 1.82) is 0 Å². The Labute approximate surface area is 210 Å². The van der Waals surface area contributed by atoms with Gasteiger partial charge in [0.1, 0.15) is 5.75 Å². The molecule has 1 heterocycles. The molecule has 1 aromatic heterocycles. The number of aryl methyl sites for hydroxylation is 2. The molecule has 178 valence electrons. The van der Waals surface area contributed by atoms with E-state index >= 15 is 0 Å². The second-order valence-electron chi connectivity index (χ2n) is 8.38. The number of nitrogens with zero attached hydrogens (tertiary/aromatic N) is 2. The molecule has 5 nitrogen and oxygen atoms in total. The minimum Gasteiger partial charge on any atom is -0.497 e. The van der Waals surface area contributed by atoms with Crippen molar-refractivity contribution >= 4 is 34.1 Å². The highest BCUT2D eigenvalue weighted by Gasteiger charge is 2.15. The average Bonchev–Trinajstić information content (AvgIpc) is 2.90. The van der Waals surface area contributed by atoms with Gasteiger partial charge in [0.2, 0.25) is 0 Å². The molecule has 0 saturated heterocycles. The third kappa shape index (κ3) is 5.87. The van der Waals surface area contributed by atoms with Crippen LogP contribution >= 0.6 is 11.6 Å². The monoisotopic (exact) mass is 485 g/mol. The molecule has 4 aromatic rings. The largest absolute Gasteiger partial charge is 0.497 e. The van der Waals surface area contributed by atoms with Gasteiger partial charge in [-0.3, -0.25) is 4.79 Å². The summed E-state index contributed by atoms with van der Waals surface area (Å²) in [5, 5.41) is 5.53. The smallest absolute Gasteiger partial charge is 0.272 e. The predicted octanol–water partition coefficient (Wildman–Crippen LogP) is 6.86. The number of ether oxygens (including phenoxy) is 1. The Morgan fingerprint density at radius 2 is 1.74 bits per heavy atom. The number of amides is 1. The molecule has 0 radical (unpaired) electrons. The van der Waals surface area contributed by atoms with Crippen molar-refractivity contribution in [3.05, 3.63) is 94.5 Å². The van der Waals surface area contributed by atoms with Crippen LogP contribution in [-0.2, 0) is 12.8 Å². The average molecular weight is 486 g/mol. The maximum Gasteiger partial charge on any atom is 0.272 e. The van der Waals surface area contributed by atoms with Crippen molar-refractivity contribution in [2.45, 2.75) is 33.1 Å². The summed E-state index contributed by atoms with van der Waals surface area (Å²) in [4.78, 5) is 18.0. The fraction of sp³-hybridized carbons (Fsp3) is 0.207. The van der Waals surface area contributed by atoms with Gasteiger partial charge in [-0.1, -0.05) is 67.1 Å². The predicted molar refractivity (Wildman–Crippen MR) is 143 cm³/mol. The fourth-order valence-corrected chi connectivity index (χ4v) is 4.06. The Bertz CT molecular complexity index is 1360. The summed E-state index contributed by atoms with van der Waals surface area (Å²) in [5.74, 6) is 0.534. The lowest BCUT2D eigenvalue weighted by molar-refractivity contribution is 0.0956. The Morgan fingerprint density at radius 1 is 1.03 bits per heavy atom. The van der Waals surface area contributed by atoms with Crippen molar-refractivity contribution in [3.63, 3.8) is 0 Å². The molecule has 0 fully saturated rings. The van der Waals surface area contributed by atoms with Gasteiger partial charge in [-0.2, -0.15) is 5.10 Å². The first-order valence-corrected chi connectivity index (χ1v) is 12.0. The summed E-state index contributed by atoms with van der Waals surface area (Å²) in [6, 6.07) is 23.4. The van der Waals surface area contributed by atoms with Gasteiger partial charge in [0, 0.05) is 16.7 Å². The highest BCUT2D eigenvalue weighted by Crippen LogP contribution is 2.29. The Morgan fingerprint density at radius 3 is 2.43 bits per heavy atom. The molecule has 0 aliphatic rings. The lowest BCUT2D eigenvalue weighted by Gasteiger charge is -2.11. The normalized spacial score (nSPS) is 11.5. The number of pyridine rings is 1. The molecular weight excluding hydrogens is 458 g/mol. The first-order chi connectivity index (χ1) is 17.0. The van der Waals surface area contributed by atoms with Gasteiger partial charge in [-0.25, -0.2) is 10.4 Å². The summed E-state index contributed by atoms with van der Waals surface area (Å²) >= 11 is 6.46. The minimum absolute atomic E-state index is 0.296. The van der Waals surface area contributed by atoms with Crippen molar-refractivity contribution < 1.29 is 9.53 Å². The van der Waals surface area contributed by atoms with Crippen molar-refractivity contribution in [1.82, 2.24) is 10.4 Å². The van der Waals surface area contributed by atoms with Crippen LogP contribution in [0.5, 0.6) is 5.75 Å². The van der Waals surface area contributed by atoms with Gasteiger partial charge < -0.3 is 4.74 Å². The number of carbonyl (C=O) groups excluding carboxylic acids is 1. The molecule has 35 heavy (non-hydrogen) atoms. The molecule has 0 atom stereocenters. The van der Waals surface area contributed by atoms with Crippen LogP contribution in [0.4, 0.5) is 0 Å². The lowest BCUT2D eigenvalue weighted by atomic mass is 10.0. The van der Waals surface area contributed by atoms with Gasteiger partial charge >= 0.3 is 0 Å². The molecule has 0 spiro atoms. The molecule has 3 aromatic carbocycles. The number of hydrogen-bond donors (Lipinski definition) is 1. The number of benzene rings is 3. The van der Waals surface area contributed by atoms with Gasteiger partial charge in [-0.05, 0) is 61.6 Å². The zero-order valence-electron chi connectivity index (χ0n) is 20.1. The number of aromatic nitrogens is 1. The number of nitrogens with one attached hydrogen (secondary N) is 1. The molecule has 0 aliphatic heterocycles. The number of hydrogen-bond acceptors (Lipinski definition) is 4. The van der Waals surface area contributed by atoms with Crippen LogP contribution in [0.3, 0.4) is 0 Å². The summed E-state index contributed by atoms with van der Waals surface area (Å²) in [7, 11) is 1.65. The summed E-state index contributed by atoms with van der Waals surface area (Å²) in [6.45, 7) is 4.02. The zero-order chi connectivity index (χ0) is 24.8. The van der Waals surface area contributed by atoms with Crippen LogP contribution in [0.25, 0.3) is 22.2 Å². The molecule has 4 rings (SSSR count). The van der Waals surface area contributed by atoms with Gasteiger partial charge in [0.05, 0.1) is 28.9 Å². The molecule has 0 unspecified atom stereocenters.